The molecule has 1 saturated heterocycles. The monoisotopic (exact) mass is 353 g/mol. The van der Waals surface area contributed by atoms with Gasteiger partial charge in [0.1, 0.15) is 0 Å². The summed E-state index contributed by atoms with van der Waals surface area (Å²) in [5, 5.41) is 6.71. The molecule has 2 fully saturated rings. The number of rotatable bonds is 3. The van der Waals surface area contributed by atoms with Gasteiger partial charge in [0.05, 0.1) is 5.56 Å². The van der Waals surface area contributed by atoms with E-state index in [0.717, 1.165) is 30.6 Å². The first-order chi connectivity index (χ1) is 11.1. The number of nitrogens with zero attached hydrogens (tertiary/aromatic N) is 1. The highest BCUT2D eigenvalue weighted by Gasteiger charge is 2.26. The van der Waals surface area contributed by atoms with Crippen LogP contribution in [0.3, 0.4) is 0 Å². The Bertz CT molecular complexity index is 563. The molecule has 1 aromatic heterocycles. The first kappa shape index (κ1) is 19.3. The minimum atomic E-state index is 0. The third-order valence-electron chi connectivity index (χ3n) is 5.75. The number of piperidine rings is 1. The lowest BCUT2D eigenvalue weighted by Gasteiger charge is -2.30. The standard InChI is InChI=1S/C19H31N3O.ClH/c1-13-12-17(15(3)22(13)16-8-5-4-6-9-16)19(23)21-18-10-7-11-20-14(18)2;/h12,14,16,18,20H,4-11H2,1-3H3,(H,21,23);1H. The van der Waals surface area contributed by atoms with Crippen molar-refractivity contribution in [2.45, 2.75) is 83.8 Å². The fraction of sp³-hybridized carbons (Fsp3) is 0.737. The van der Waals surface area contributed by atoms with Gasteiger partial charge in [-0.3, -0.25) is 4.79 Å². The molecule has 2 aliphatic rings. The molecule has 1 saturated carbocycles. The maximum Gasteiger partial charge on any atom is 0.253 e. The molecule has 2 unspecified atom stereocenters. The zero-order chi connectivity index (χ0) is 16.4. The van der Waals surface area contributed by atoms with Crippen LogP contribution in [-0.2, 0) is 0 Å². The predicted octanol–water partition coefficient (Wildman–Crippen LogP) is 3.90. The van der Waals surface area contributed by atoms with Gasteiger partial charge in [0, 0.05) is 29.5 Å². The predicted molar refractivity (Wildman–Crippen MR) is 101 cm³/mol. The minimum Gasteiger partial charge on any atom is -0.348 e. The van der Waals surface area contributed by atoms with Crippen LogP contribution >= 0.6 is 12.4 Å². The first-order valence-corrected chi connectivity index (χ1v) is 9.30. The Kier molecular flexibility index (Phi) is 6.76. The van der Waals surface area contributed by atoms with E-state index in [-0.39, 0.29) is 24.4 Å². The van der Waals surface area contributed by atoms with Crippen molar-refractivity contribution in [1.82, 2.24) is 15.2 Å². The van der Waals surface area contributed by atoms with E-state index in [9.17, 15) is 4.79 Å². The highest BCUT2D eigenvalue weighted by atomic mass is 35.5. The first-order valence-electron chi connectivity index (χ1n) is 9.30. The molecule has 0 bridgehead atoms. The fourth-order valence-electron chi connectivity index (χ4n) is 4.40. The molecular formula is C19H32ClN3O. The minimum absolute atomic E-state index is 0. The van der Waals surface area contributed by atoms with Crippen LogP contribution in [0, 0.1) is 13.8 Å². The average Bonchev–Trinajstić information content (AvgIpc) is 2.85. The number of nitrogens with one attached hydrogen (secondary N) is 2. The lowest BCUT2D eigenvalue weighted by molar-refractivity contribution is 0.0919. The molecule has 0 aromatic carbocycles. The van der Waals surface area contributed by atoms with Crippen molar-refractivity contribution in [3.63, 3.8) is 0 Å². The number of carbonyl (C=O) groups excluding carboxylic acids is 1. The van der Waals surface area contributed by atoms with Crippen molar-refractivity contribution in [3.05, 3.63) is 23.0 Å². The zero-order valence-electron chi connectivity index (χ0n) is 15.2. The van der Waals surface area contributed by atoms with Crippen LogP contribution in [0.15, 0.2) is 6.07 Å². The lowest BCUT2D eigenvalue weighted by Crippen LogP contribution is -2.51. The summed E-state index contributed by atoms with van der Waals surface area (Å²) in [7, 11) is 0. The van der Waals surface area contributed by atoms with Crippen LogP contribution < -0.4 is 10.6 Å². The van der Waals surface area contributed by atoms with Crippen LogP contribution in [-0.4, -0.2) is 29.1 Å². The topological polar surface area (TPSA) is 46.1 Å². The van der Waals surface area contributed by atoms with Crippen molar-refractivity contribution in [1.29, 1.82) is 0 Å². The highest BCUT2D eigenvalue weighted by Crippen LogP contribution is 2.32. The van der Waals surface area contributed by atoms with Crippen molar-refractivity contribution >= 4 is 18.3 Å². The summed E-state index contributed by atoms with van der Waals surface area (Å²) in [5.41, 5.74) is 3.24. The van der Waals surface area contributed by atoms with Gasteiger partial charge in [-0.25, -0.2) is 0 Å². The molecule has 2 N–H and O–H groups in total. The van der Waals surface area contributed by atoms with E-state index in [1.54, 1.807) is 0 Å². The second kappa shape index (κ2) is 8.39. The van der Waals surface area contributed by atoms with E-state index >= 15 is 0 Å². The van der Waals surface area contributed by atoms with E-state index in [2.05, 4.69) is 42.0 Å². The van der Waals surface area contributed by atoms with Gasteiger partial charge in [0.2, 0.25) is 0 Å². The van der Waals surface area contributed by atoms with Gasteiger partial charge < -0.3 is 15.2 Å². The molecule has 1 aliphatic carbocycles. The van der Waals surface area contributed by atoms with Gasteiger partial charge in [-0.2, -0.15) is 0 Å². The molecule has 2 atom stereocenters. The molecule has 24 heavy (non-hydrogen) atoms. The maximum absolute atomic E-state index is 12.8. The molecule has 136 valence electrons. The summed E-state index contributed by atoms with van der Waals surface area (Å²) in [5.74, 6) is 0.0979. The Labute approximate surface area is 152 Å². The van der Waals surface area contributed by atoms with Gasteiger partial charge in [0.25, 0.3) is 5.91 Å². The summed E-state index contributed by atoms with van der Waals surface area (Å²) in [4.78, 5) is 12.8. The molecule has 5 heteroatoms. The second-order valence-electron chi connectivity index (χ2n) is 7.41. The van der Waals surface area contributed by atoms with Crippen LogP contribution in [0.25, 0.3) is 0 Å². The largest absolute Gasteiger partial charge is 0.348 e. The maximum atomic E-state index is 12.8. The van der Waals surface area contributed by atoms with Crippen LogP contribution in [0.1, 0.15) is 79.7 Å². The molecule has 1 aliphatic heterocycles. The van der Waals surface area contributed by atoms with Gasteiger partial charge >= 0.3 is 0 Å². The van der Waals surface area contributed by atoms with Crippen LogP contribution in [0.4, 0.5) is 0 Å². The number of aryl methyl sites for hydroxylation is 1. The molecule has 4 nitrogen and oxygen atoms in total. The Morgan fingerprint density at radius 3 is 2.54 bits per heavy atom. The number of carbonyl (C=O) groups is 1. The molecular weight excluding hydrogens is 322 g/mol. The van der Waals surface area contributed by atoms with E-state index < -0.39 is 0 Å². The van der Waals surface area contributed by atoms with E-state index in [0.29, 0.717) is 12.1 Å². The van der Waals surface area contributed by atoms with E-state index in [1.807, 2.05) is 0 Å². The summed E-state index contributed by atoms with van der Waals surface area (Å²) in [6, 6.07) is 3.27. The van der Waals surface area contributed by atoms with Crippen molar-refractivity contribution in [2.24, 2.45) is 0 Å². The summed E-state index contributed by atoms with van der Waals surface area (Å²) < 4.78 is 2.41. The van der Waals surface area contributed by atoms with Crippen molar-refractivity contribution < 1.29 is 4.79 Å². The molecule has 1 amide bonds. The molecule has 2 heterocycles. The second-order valence-corrected chi connectivity index (χ2v) is 7.41. The Morgan fingerprint density at radius 2 is 1.88 bits per heavy atom. The smallest absolute Gasteiger partial charge is 0.253 e. The number of halogens is 1. The van der Waals surface area contributed by atoms with Crippen LogP contribution in [0.2, 0.25) is 0 Å². The van der Waals surface area contributed by atoms with E-state index in [4.69, 9.17) is 0 Å². The summed E-state index contributed by atoms with van der Waals surface area (Å²) in [6.07, 6.45) is 8.69. The number of aromatic nitrogens is 1. The Morgan fingerprint density at radius 1 is 1.17 bits per heavy atom. The quantitative estimate of drug-likeness (QED) is 0.865. The van der Waals surface area contributed by atoms with Crippen LogP contribution in [0.5, 0.6) is 0 Å². The zero-order valence-corrected chi connectivity index (χ0v) is 16.0. The molecule has 0 spiro atoms. The van der Waals surface area contributed by atoms with E-state index in [1.165, 1.54) is 37.8 Å². The third-order valence-corrected chi connectivity index (χ3v) is 5.75. The number of hydrogen-bond acceptors (Lipinski definition) is 2. The van der Waals surface area contributed by atoms with Gasteiger partial charge in [-0.1, -0.05) is 19.3 Å². The number of amides is 1. The molecule has 3 rings (SSSR count). The van der Waals surface area contributed by atoms with Gasteiger partial charge in [-0.05, 0) is 59.1 Å². The van der Waals surface area contributed by atoms with Crippen molar-refractivity contribution in [3.8, 4) is 0 Å². The summed E-state index contributed by atoms with van der Waals surface area (Å²) in [6.45, 7) is 7.47. The highest BCUT2D eigenvalue weighted by molar-refractivity contribution is 5.96. The average molecular weight is 354 g/mol. The normalized spacial score (nSPS) is 25.1. The number of hydrogen-bond donors (Lipinski definition) is 2. The fourth-order valence-corrected chi connectivity index (χ4v) is 4.40. The van der Waals surface area contributed by atoms with Gasteiger partial charge in [-0.15, -0.1) is 12.4 Å². The molecule has 1 aromatic rings. The Balaban J connectivity index is 0.00000208. The molecule has 0 radical (unpaired) electrons. The van der Waals surface area contributed by atoms with Gasteiger partial charge in [0.15, 0.2) is 0 Å². The Hall–Kier alpha value is -1.000. The summed E-state index contributed by atoms with van der Waals surface area (Å²) >= 11 is 0. The third kappa shape index (κ3) is 3.97. The SMILES string of the molecule is Cc1cc(C(=O)NC2CCCNC2C)c(C)n1C1CCCCC1.Cl. The lowest BCUT2D eigenvalue weighted by atomic mass is 9.95. The van der Waals surface area contributed by atoms with Crippen molar-refractivity contribution in [2.75, 3.05) is 6.54 Å².